The molecule has 0 spiro atoms. The Labute approximate surface area is 286 Å². The Morgan fingerprint density at radius 2 is 1.18 bits per heavy atom. The zero-order valence-electron chi connectivity index (χ0n) is 27.7. The van der Waals surface area contributed by atoms with Crippen LogP contribution in [0.2, 0.25) is 0 Å². The molecule has 1 aliphatic carbocycles. The highest BCUT2D eigenvalue weighted by Gasteiger charge is 2.35. The second-order valence-electron chi connectivity index (χ2n) is 14.1. The molecule has 2 aliphatic rings. The molecule has 0 saturated heterocycles. The van der Waals surface area contributed by atoms with Crippen LogP contribution in [-0.4, -0.2) is 16.1 Å². The molecule has 0 atom stereocenters. The number of hydrogen-bond acceptors (Lipinski definition) is 2. The molecule has 2 aromatic heterocycles. The highest BCUT2D eigenvalue weighted by molar-refractivity contribution is 6.11. The van der Waals surface area contributed by atoms with Gasteiger partial charge in [-0.05, 0) is 88.2 Å². The van der Waals surface area contributed by atoms with Gasteiger partial charge in [0.15, 0.2) is 0 Å². The average molecular weight is 630 g/mol. The number of anilines is 2. The van der Waals surface area contributed by atoms with Gasteiger partial charge in [-0.1, -0.05) is 111 Å². The molecule has 3 heterocycles. The van der Waals surface area contributed by atoms with E-state index in [1.165, 1.54) is 77.8 Å². The number of pyridine rings is 1. The summed E-state index contributed by atoms with van der Waals surface area (Å²) in [6, 6.07) is 53.5. The molecule has 3 nitrogen and oxygen atoms in total. The van der Waals surface area contributed by atoms with Gasteiger partial charge >= 0.3 is 0 Å². The molecule has 6 aromatic carbocycles. The fraction of sp³-hybridized carbons (Fsp3) is 0.109. The molecule has 234 valence electrons. The second-order valence-corrected chi connectivity index (χ2v) is 14.1. The molecule has 0 saturated carbocycles. The molecule has 8 aromatic rings. The van der Waals surface area contributed by atoms with Crippen LogP contribution in [0.4, 0.5) is 11.4 Å². The van der Waals surface area contributed by atoms with Crippen LogP contribution in [0.5, 0.6) is 0 Å². The number of aromatic nitrogens is 2. The summed E-state index contributed by atoms with van der Waals surface area (Å²) in [4.78, 5) is 7.69. The first-order chi connectivity index (χ1) is 24.1. The van der Waals surface area contributed by atoms with Gasteiger partial charge in [-0.25, -0.2) is 0 Å². The quantitative estimate of drug-likeness (QED) is 0.190. The van der Waals surface area contributed by atoms with E-state index in [-0.39, 0.29) is 5.41 Å². The molecule has 0 radical (unpaired) electrons. The van der Waals surface area contributed by atoms with Crippen molar-refractivity contribution in [3.63, 3.8) is 0 Å². The first kappa shape index (κ1) is 28.1. The van der Waals surface area contributed by atoms with Crippen LogP contribution in [0.1, 0.15) is 25.8 Å². The number of rotatable bonds is 2. The predicted molar refractivity (Wildman–Crippen MR) is 205 cm³/mol. The van der Waals surface area contributed by atoms with E-state index in [9.17, 15) is 0 Å². The largest absolute Gasteiger partial charge is 0.341 e. The lowest BCUT2D eigenvalue weighted by Crippen LogP contribution is -2.34. The van der Waals surface area contributed by atoms with Gasteiger partial charge in [0, 0.05) is 51.6 Å². The van der Waals surface area contributed by atoms with Gasteiger partial charge in [0.05, 0.1) is 22.4 Å². The van der Waals surface area contributed by atoms with E-state index in [0.717, 1.165) is 24.2 Å². The van der Waals surface area contributed by atoms with Gasteiger partial charge in [0.1, 0.15) is 0 Å². The number of benzene rings is 6. The Morgan fingerprint density at radius 3 is 1.96 bits per heavy atom. The van der Waals surface area contributed by atoms with Crippen molar-refractivity contribution in [3.8, 4) is 50.3 Å². The molecular weight excluding hydrogens is 595 g/mol. The molecule has 0 amide bonds. The van der Waals surface area contributed by atoms with Crippen molar-refractivity contribution in [2.24, 2.45) is 0 Å². The van der Waals surface area contributed by atoms with Crippen LogP contribution < -0.4 is 4.90 Å². The standard InChI is InChI=1S/C46H35N3/c1-46(2)25-27-48(30-14-4-3-5-15-30)43-29-37-31-16-6-7-19-34(31)44-35(36-21-13-26-47-45(36)38(37)28-39(43)46)20-12-24-42(44)49-40-22-10-8-17-32(40)33-18-9-11-23-41(33)49/h3-24,26,28-29H,25,27H2,1-2H3. The monoisotopic (exact) mass is 629 g/mol. The topological polar surface area (TPSA) is 21.1 Å². The maximum Gasteiger partial charge on any atom is 0.0786 e. The molecule has 0 N–H and O–H groups in total. The van der Waals surface area contributed by atoms with Gasteiger partial charge < -0.3 is 9.47 Å². The van der Waals surface area contributed by atoms with Gasteiger partial charge in [-0.15, -0.1) is 0 Å². The SMILES string of the molecule is CC1(C)CCN(c2ccccc2)c2cc3c(cc21)-c1ncccc1-c1cccc(-n2c4ccccc4c4ccccc42)c1-c1ccccc1-3. The molecule has 10 rings (SSSR count). The van der Waals surface area contributed by atoms with Crippen LogP contribution in [0.25, 0.3) is 72.1 Å². The van der Waals surface area contributed by atoms with Crippen molar-refractivity contribution in [1.82, 2.24) is 9.55 Å². The third-order valence-electron chi connectivity index (χ3n) is 10.9. The molecule has 0 unspecified atom stereocenters. The van der Waals surface area contributed by atoms with E-state index < -0.39 is 0 Å². The summed E-state index contributed by atoms with van der Waals surface area (Å²) < 4.78 is 2.46. The summed E-state index contributed by atoms with van der Waals surface area (Å²) in [7, 11) is 0. The minimum Gasteiger partial charge on any atom is -0.341 e. The zero-order chi connectivity index (χ0) is 32.7. The average Bonchev–Trinajstić information content (AvgIpc) is 3.48. The van der Waals surface area contributed by atoms with Crippen molar-refractivity contribution in [2.45, 2.75) is 25.7 Å². The fourth-order valence-electron chi connectivity index (χ4n) is 8.48. The number of hydrogen-bond donors (Lipinski definition) is 0. The van der Waals surface area contributed by atoms with Crippen LogP contribution >= 0.6 is 0 Å². The Kier molecular flexibility index (Phi) is 6.05. The fourth-order valence-corrected chi connectivity index (χ4v) is 8.48. The van der Waals surface area contributed by atoms with E-state index in [1.54, 1.807) is 0 Å². The van der Waals surface area contributed by atoms with Crippen molar-refractivity contribution in [2.75, 3.05) is 11.4 Å². The number of nitrogens with zero attached hydrogens (tertiary/aromatic N) is 3. The summed E-state index contributed by atoms with van der Waals surface area (Å²) in [5.74, 6) is 0. The molecule has 0 bridgehead atoms. The maximum atomic E-state index is 5.18. The second kappa shape index (κ2) is 10.5. The summed E-state index contributed by atoms with van der Waals surface area (Å²) in [6.07, 6.45) is 3.03. The highest BCUT2D eigenvalue weighted by Crippen LogP contribution is 2.53. The van der Waals surface area contributed by atoms with Crippen molar-refractivity contribution in [1.29, 1.82) is 0 Å². The van der Waals surface area contributed by atoms with Crippen LogP contribution in [0.15, 0.2) is 152 Å². The Hall–Kier alpha value is -5.93. The van der Waals surface area contributed by atoms with E-state index in [2.05, 4.69) is 169 Å². The van der Waals surface area contributed by atoms with Gasteiger partial charge in [0.2, 0.25) is 0 Å². The summed E-state index contributed by atoms with van der Waals surface area (Å²) in [6.45, 7) is 5.76. The van der Waals surface area contributed by atoms with Gasteiger partial charge in [-0.3, -0.25) is 4.98 Å². The van der Waals surface area contributed by atoms with Crippen molar-refractivity contribution in [3.05, 3.63) is 157 Å². The van der Waals surface area contributed by atoms with E-state index in [4.69, 9.17) is 4.98 Å². The minimum atomic E-state index is 0.0219. The number of fused-ring (bicyclic) bond motifs is 12. The number of para-hydroxylation sites is 3. The van der Waals surface area contributed by atoms with E-state index in [1.807, 2.05) is 6.20 Å². The van der Waals surface area contributed by atoms with Gasteiger partial charge in [-0.2, -0.15) is 0 Å². The van der Waals surface area contributed by atoms with Gasteiger partial charge in [0.25, 0.3) is 0 Å². The van der Waals surface area contributed by atoms with Crippen molar-refractivity contribution >= 4 is 33.2 Å². The zero-order valence-corrected chi connectivity index (χ0v) is 27.7. The van der Waals surface area contributed by atoms with Crippen LogP contribution in [0, 0.1) is 0 Å². The Bertz CT molecular complexity index is 2540. The lowest BCUT2D eigenvalue weighted by molar-refractivity contribution is 0.467. The predicted octanol–water partition coefficient (Wildman–Crippen LogP) is 12.0. The summed E-state index contributed by atoms with van der Waals surface area (Å²) >= 11 is 0. The molecular formula is C46H35N3. The first-order valence-corrected chi connectivity index (χ1v) is 17.3. The Balaban J connectivity index is 1.33. The van der Waals surface area contributed by atoms with Crippen molar-refractivity contribution < 1.29 is 0 Å². The normalized spacial score (nSPS) is 14.3. The first-order valence-electron chi connectivity index (χ1n) is 17.3. The smallest absolute Gasteiger partial charge is 0.0786 e. The lowest BCUT2D eigenvalue weighted by Gasteiger charge is -2.41. The van der Waals surface area contributed by atoms with Crippen LogP contribution in [0.3, 0.4) is 0 Å². The van der Waals surface area contributed by atoms with E-state index in [0.29, 0.717) is 0 Å². The highest BCUT2D eigenvalue weighted by atomic mass is 15.1. The third-order valence-corrected chi connectivity index (χ3v) is 10.9. The van der Waals surface area contributed by atoms with Crippen LogP contribution in [-0.2, 0) is 5.41 Å². The molecule has 49 heavy (non-hydrogen) atoms. The third kappa shape index (κ3) is 4.12. The summed E-state index contributed by atoms with van der Waals surface area (Å²) in [5, 5.41) is 2.52. The van der Waals surface area contributed by atoms with E-state index >= 15 is 0 Å². The molecule has 1 aliphatic heterocycles. The lowest BCUT2D eigenvalue weighted by atomic mass is 9.74. The summed E-state index contributed by atoms with van der Waals surface area (Å²) in [5.41, 5.74) is 17.0. The molecule has 0 fully saturated rings. The molecule has 3 heteroatoms. The Morgan fingerprint density at radius 1 is 0.531 bits per heavy atom. The minimum absolute atomic E-state index is 0.0219. The maximum absolute atomic E-state index is 5.18.